The van der Waals surface area contributed by atoms with Gasteiger partial charge < -0.3 is 15.4 Å². The van der Waals surface area contributed by atoms with Crippen molar-refractivity contribution < 1.29 is 17.9 Å². The van der Waals surface area contributed by atoms with Gasteiger partial charge in [-0.3, -0.25) is 4.79 Å². The highest BCUT2D eigenvalue weighted by atomic mass is 32.2. The second kappa shape index (κ2) is 8.47. The van der Waals surface area contributed by atoms with Crippen LogP contribution in [0.4, 0.5) is 0 Å². The van der Waals surface area contributed by atoms with E-state index in [9.17, 15) is 13.2 Å². The summed E-state index contributed by atoms with van der Waals surface area (Å²) in [6.45, 7) is 3.71. The lowest BCUT2D eigenvalue weighted by atomic mass is 10.2. The first-order valence-electron chi connectivity index (χ1n) is 6.58. The maximum atomic E-state index is 11.5. The highest BCUT2D eigenvalue weighted by Gasteiger charge is 2.16. The highest BCUT2D eigenvalue weighted by molar-refractivity contribution is 7.89. The van der Waals surface area contributed by atoms with E-state index >= 15 is 0 Å². The number of hydrogen-bond donors (Lipinski definition) is 3. The highest BCUT2D eigenvalue weighted by Crippen LogP contribution is 2.02. The van der Waals surface area contributed by atoms with E-state index in [1.165, 1.54) is 0 Å². The zero-order valence-electron chi connectivity index (χ0n) is 11.3. The summed E-state index contributed by atoms with van der Waals surface area (Å²) in [6, 6.07) is 0.304. The Morgan fingerprint density at radius 1 is 1.47 bits per heavy atom. The maximum Gasteiger partial charge on any atom is 0.235 e. The van der Waals surface area contributed by atoms with Gasteiger partial charge in [0.05, 0.1) is 18.9 Å². The van der Waals surface area contributed by atoms with Crippen LogP contribution in [0.2, 0.25) is 0 Å². The normalized spacial score (nSPS) is 19.5. The predicted octanol–water partition coefficient (Wildman–Crippen LogP) is -1.19. The minimum absolute atomic E-state index is 0.127. The Balaban J connectivity index is 2.14. The first-order chi connectivity index (χ1) is 9.03. The molecule has 19 heavy (non-hydrogen) atoms. The number of ether oxygens (including phenoxy) is 1. The maximum absolute atomic E-state index is 11.5. The van der Waals surface area contributed by atoms with E-state index in [0.717, 1.165) is 19.4 Å². The predicted molar refractivity (Wildman–Crippen MR) is 72.3 cm³/mol. The number of nitrogens with one attached hydrogen (secondary N) is 3. The van der Waals surface area contributed by atoms with Crippen LogP contribution in [-0.4, -0.2) is 59.0 Å². The molecule has 7 nitrogen and oxygen atoms in total. The third-order valence-corrected chi connectivity index (χ3v) is 4.15. The molecule has 1 atom stereocenters. The third-order valence-electron chi connectivity index (χ3n) is 2.86. The monoisotopic (exact) mass is 293 g/mol. The molecular weight excluding hydrogens is 270 g/mol. The molecule has 0 spiro atoms. The van der Waals surface area contributed by atoms with E-state index in [-0.39, 0.29) is 24.8 Å². The topological polar surface area (TPSA) is 96.5 Å². The van der Waals surface area contributed by atoms with Crippen LogP contribution >= 0.6 is 0 Å². The minimum Gasteiger partial charge on any atom is -0.381 e. The molecule has 1 rings (SSSR count). The van der Waals surface area contributed by atoms with Gasteiger partial charge in [-0.1, -0.05) is 0 Å². The molecule has 0 aliphatic carbocycles. The molecule has 1 aliphatic rings. The van der Waals surface area contributed by atoms with Crippen molar-refractivity contribution in [3.63, 3.8) is 0 Å². The fourth-order valence-corrected chi connectivity index (χ4v) is 2.62. The molecule has 112 valence electrons. The summed E-state index contributed by atoms with van der Waals surface area (Å²) >= 11 is 0. The standard InChI is InChI=1S/C11H23N3O4S/c1-2-18-6-7-19(16,17)14-9-11(15)13-8-10-4-3-5-12-10/h10,12,14H,2-9H2,1H3,(H,13,15). The lowest BCUT2D eigenvalue weighted by Gasteiger charge is -2.12. The SMILES string of the molecule is CCOCCS(=O)(=O)NCC(=O)NCC1CCCN1. The Bertz CT molecular complexity index is 366. The van der Waals surface area contributed by atoms with Crippen LogP contribution in [0.25, 0.3) is 0 Å². The first kappa shape index (κ1) is 16.4. The van der Waals surface area contributed by atoms with Crippen LogP contribution in [-0.2, 0) is 19.6 Å². The van der Waals surface area contributed by atoms with Gasteiger partial charge in [0, 0.05) is 19.2 Å². The summed E-state index contributed by atoms with van der Waals surface area (Å²) in [5.74, 6) is -0.438. The van der Waals surface area contributed by atoms with Crippen LogP contribution in [0.1, 0.15) is 19.8 Å². The van der Waals surface area contributed by atoms with Crippen LogP contribution in [0.3, 0.4) is 0 Å². The van der Waals surface area contributed by atoms with Crippen molar-refractivity contribution in [3.8, 4) is 0 Å². The van der Waals surface area contributed by atoms with Crippen LogP contribution in [0.5, 0.6) is 0 Å². The Labute approximate surface area is 114 Å². The number of rotatable bonds is 9. The van der Waals surface area contributed by atoms with Crippen LogP contribution in [0.15, 0.2) is 0 Å². The second-order valence-electron chi connectivity index (χ2n) is 4.43. The molecule has 1 amide bonds. The van der Waals surface area contributed by atoms with Crippen LogP contribution < -0.4 is 15.4 Å². The van der Waals surface area contributed by atoms with E-state index < -0.39 is 10.0 Å². The van der Waals surface area contributed by atoms with Gasteiger partial charge in [0.1, 0.15) is 0 Å². The first-order valence-corrected chi connectivity index (χ1v) is 8.24. The van der Waals surface area contributed by atoms with Gasteiger partial charge in [-0.2, -0.15) is 0 Å². The van der Waals surface area contributed by atoms with Crippen molar-refractivity contribution in [1.82, 2.24) is 15.4 Å². The average Bonchev–Trinajstić information content (AvgIpc) is 2.87. The summed E-state index contributed by atoms with van der Waals surface area (Å²) in [7, 11) is -3.44. The molecule has 8 heteroatoms. The molecule has 3 N–H and O–H groups in total. The average molecular weight is 293 g/mol. The minimum atomic E-state index is -3.44. The lowest BCUT2D eigenvalue weighted by Crippen LogP contribution is -2.42. The van der Waals surface area contributed by atoms with Gasteiger partial charge >= 0.3 is 0 Å². The summed E-state index contributed by atoms with van der Waals surface area (Å²) in [4.78, 5) is 11.5. The van der Waals surface area contributed by atoms with Crippen molar-refractivity contribution in [1.29, 1.82) is 0 Å². The zero-order valence-corrected chi connectivity index (χ0v) is 12.1. The quantitative estimate of drug-likeness (QED) is 0.465. The van der Waals surface area contributed by atoms with Crippen molar-refractivity contribution in [3.05, 3.63) is 0 Å². The molecule has 0 aromatic rings. The molecule has 0 bridgehead atoms. The number of carbonyl (C=O) groups is 1. The van der Waals surface area contributed by atoms with Gasteiger partial charge in [0.2, 0.25) is 15.9 Å². The van der Waals surface area contributed by atoms with E-state index in [4.69, 9.17) is 4.74 Å². The molecular formula is C11H23N3O4S. The smallest absolute Gasteiger partial charge is 0.235 e. The van der Waals surface area contributed by atoms with Crippen molar-refractivity contribution in [2.75, 3.05) is 38.6 Å². The Morgan fingerprint density at radius 2 is 2.26 bits per heavy atom. The Morgan fingerprint density at radius 3 is 2.89 bits per heavy atom. The summed E-state index contributed by atoms with van der Waals surface area (Å²) in [5, 5.41) is 5.95. The molecule has 1 saturated heterocycles. The number of hydrogen-bond acceptors (Lipinski definition) is 5. The molecule has 1 aliphatic heterocycles. The van der Waals surface area contributed by atoms with Gasteiger partial charge in [0.15, 0.2) is 0 Å². The molecule has 0 aromatic heterocycles. The fraction of sp³-hybridized carbons (Fsp3) is 0.909. The summed E-state index contributed by atoms with van der Waals surface area (Å²) in [5.41, 5.74) is 0. The number of carbonyl (C=O) groups excluding carboxylic acids is 1. The lowest BCUT2D eigenvalue weighted by molar-refractivity contribution is -0.120. The van der Waals surface area contributed by atoms with Gasteiger partial charge in [-0.05, 0) is 26.3 Å². The van der Waals surface area contributed by atoms with Gasteiger partial charge in [-0.25, -0.2) is 13.1 Å². The van der Waals surface area contributed by atoms with E-state index in [1.54, 1.807) is 6.92 Å². The molecule has 1 fully saturated rings. The van der Waals surface area contributed by atoms with Crippen LogP contribution in [0, 0.1) is 0 Å². The molecule has 0 radical (unpaired) electrons. The number of sulfonamides is 1. The third kappa shape index (κ3) is 7.46. The Kier molecular flexibility index (Phi) is 7.29. The van der Waals surface area contributed by atoms with Crippen molar-refractivity contribution in [2.24, 2.45) is 0 Å². The van der Waals surface area contributed by atoms with E-state index in [2.05, 4.69) is 15.4 Å². The second-order valence-corrected chi connectivity index (χ2v) is 6.36. The zero-order chi connectivity index (χ0) is 14.1. The molecule has 0 aromatic carbocycles. The summed E-state index contributed by atoms with van der Waals surface area (Å²) < 4.78 is 30.2. The summed E-state index contributed by atoms with van der Waals surface area (Å²) in [6.07, 6.45) is 2.16. The number of amides is 1. The molecule has 1 heterocycles. The Hall–Kier alpha value is -0.700. The molecule has 1 unspecified atom stereocenters. The van der Waals surface area contributed by atoms with E-state index in [1.807, 2.05) is 0 Å². The van der Waals surface area contributed by atoms with E-state index in [0.29, 0.717) is 19.2 Å². The fourth-order valence-electron chi connectivity index (χ4n) is 1.79. The van der Waals surface area contributed by atoms with Gasteiger partial charge in [-0.15, -0.1) is 0 Å². The van der Waals surface area contributed by atoms with Gasteiger partial charge in [0.25, 0.3) is 0 Å². The largest absolute Gasteiger partial charge is 0.381 e. The van der Waals surface area contributed by atoms with Crippen molar-refractivity contribution >= 4 is 15.9 Å². The van der Waals surface area contributed by atoms with Crippen molar-refractivity contribution in [2.45, 2.75) is 25.8 Å². The molecule has 0 saturated carbocycles.